The summed E-state index contributed by atoms with van der Waals surface area (Å²) in [6, 6.07) is 4.99. The van der Waals surface area contributed by atoms with Crippen LogP contribution in [0.15, 0.2) is 24.3 Å². The first-order chi connectivity index (χ1) is 10.2. The van der Waals surface area contributed by atoms with Gasteiger partial charge in [0.25, 0.3) is 0 Å². The first kappa shape index (κ1) is 16.8. The van der Waals surface area contributed by atoms with E-state index in [1.54, 1.807) is 6.07 Å². The fraction of sp³-hybridized carbons (Fsp3) is 0.562. The SMILES string of the molecule is CC1(N)CCCCC1C(=O)NCc1cccc(C(F)(F)F)c1. The van der Waals surface area contributed by atoms with Gasteiger partial charge in [-0.15, -0.1) is 0 Å². The summed E-state index contributed by atoms with van der Waals surface area (Å²) in [4.78, 5) is 12.3. The molecule has 1 aliphatic rings. The smallest absolute Gasteiger partial charge is 0.352 e. The summed E-state index contributed by atoms with van der Waals surface area (Å²) in [5.41, 5.74) is 5.34. The van der Waals surface area contributed by atoms with Gasteiger partial charge in [-0.25, -0.2) is 0 Å². The predicted octanol–water partition coefficient (Wildman–Crippen LogP) is 3.23. The fourth-order valence-electron chi connectivity index (χ4n) is 2.96. The van der Waals surface area contributed by atoms with Crippen molar-refractivity contribution >= 4 is 5.91 Å². The zero-order valence-corrected chi connectivity index (χ0v) is 12.5. The summed E-state index contributed by atoms with van der Waals surface area (Å²) in [5.74, 6) is -0.464. The molecule has 1 fully saturated rings. The lowest BCUT2D eigenvalue weighted by Crippen LogP contribution is -2.52. The Labute approximate surface area is 128 Å². The second-order valence-corrected chi connectivity index (χ2v) is 6.22. The molecule has 0 spiro atoms. The molecule has 3 N–H and O–H groups in total. The maximum Gasteiger partial charge on any atom is 0.416 e. The van der Waals surface area contributed by atoms with E-state index in [0.29, 0.717) is 5.56 Å². The van der Waals surface area contributed by atoms with Crippen molar-refractivity contribution in [3.05, 3.63) is 35.4 Å². The number of rotatable bonds is 3. The monoisotopic (exact) mass is 314 g/mol. The van der Waals surface area contributed by atoms with E-state index in [4.69, 9.17) is 5.73 Å². The van der Waals surface area contributed by atoms with Gasteiger partial charge in [0.1, 0.15) is 0 Å². The van der Waals surface area contributed by atoms with Crippen LogP contribution in [-0.2, 0) is 17.5 Å². The summed E-state index contributed by atoms with van der Waals surface area (Å²) in [6.07, 6.45) is -0.909. The van der Waals surface area contributed by atoms with Crippen LogP contribution in [0.4, 0.5) is 13.2 Å². The normalized spacial score (nSPS) is 25.8. The molecule has 2 unspecified atom stereocenters. The minimum Gasteiger partial charge on any atom is -0.352 e. The highest BCUT2D eigenvalue weighted by molar-refractivity contribution is 5.80. The quantitative estimate of drug-likeness (QED) is 0.900. The predicted molar refractivity (Wildman–Crippen MR) is 77.8 cm³/mol. The van der Waals surface area contributed by atoms with Crippen molar-refractivity contribution in [2.75, 3.05) is 0 Å². The van der Waals surface area contributed by atoms with Crippen molar-refractivity contribution in [3.63, 3.8) is 0 Å². The van der Waals surface area contributed by atoms with Crippen molar-refractivity contribution in [1.29, 1.82) is 0 Å². The minimum absolute atomic E-state index is 0.0787. The minimum atomic E-state index is -4.38. The average molecular weight is 314 g/mol. The van der Waals surface area contributed by atoms with E-state index in [2.05, 4.69) is 5.32 Å². The van der Waals surface area contributed by atoms with Gasteiger partial charge in [0.2, 0.25) is 5.91 Å². The molecule has 1 aliphatic carbocycles. The van der Waals surface area contributed by atoms with Crippen molar-refractivity contribution < 1.29 is 18.0 Å². The summed E-state index contributed by atoms with van der Waals surface area (Å²) >= 11 is 0. The molecule has 2 atom stereocenters. The Hall–Kier alpha value is -1.56. The molecule has 1 aromatic rings. The summed E-state index contributed by atoms with van der Waals surface area (Å²) in [6.45, 7) is 1.94. The van der Waals surface area contributed by atoms with Crippen molar-refractivity contribution in [2.24, 2.45) is 11.7 Å². The zero-order chi connectivity index (χ0) is 16.4. The second-order valence-electron chi connectivity index (χ2n) is 6.22. The van der Waals surface area contributed by atoms with Gasteiger partial charge in [0, 0.05) is 12.1 Å². The number of carbonyl (C=O) groups is 1. The molecule has 3 nitrogen and oxygen atoms in total. The highest BCUT2D eigenvalue weighted by Crippen LogP contribution is 2.32. The van der Waals surface area contributed by atoms with E-state index in [1.807, 2.05) is 6.92 Å². The van der Waals surface area contributed by atoms with Gasteiger partial charge in [-0.2, -0.15) is 13.2 Å². The first-order valence-electron chi connectivity index (χ1n) is 7.43. The van der Waals surface area contributed by atoms with Crippen LogP contribution in [-0.4, -0.2) is 11.4 Å². The molecule has 1 aromatic carbocycles. The number of nitrogens with two attached hydrogens (primary N) is 1. The third kappa shape index (κ3) is 4.00. The third-order valence-corrected chi connectivity index (χ3v) is 4.29. The Balaban J connectivity index is 1.99. The Kier molecular flexibility index (Phi) is 4.80. The summed E-state index contributed by atoms with van der Waals surface area (Å²) in [5, 5.41) is 2.72. The van der Waals surface area contributed by atoms with E-state index in [9.17, 15) is 18.0 Å². The Morgan fingerprint density at radius 1 is 1.41 bits per heavy atom. The van der Waals surface area contributed by atoms with Gasteiger partial charge in [-0.3, -0.25) is 4.79 Å². The molecule has 122 valence electrons. The largest absolute Gasteiger partial charge is 0.416 e. The number of hydrogen-bond donors (Lipinski definition) is 2. The van der Waals surface area contributed by atoms with Crippen molar-refractivity contribution in [2.45, 2.75) is 50.9 Å². The molecule has 0 aliphatic heterocycles. The lowest BCUT2D eigenvalue weighted by atomic mass is 9.74. The molecule has 0 aromatic heterocycles. The molecule has 0 heterocycles. The van der Waals surface area contributed by atoms with E-state index < -0.39 is 17.3 Å². The van der Waals surface area contributed by atoms with Gasteiger partial charge in [-0.1, -0.05) is 25.0 Å². The van der Waals surface area contributed by atoms with Gasteiger partial charge < -0.3 is 11.1 Å². The maximum atomic E-state index is 12.7. The number of alkyl halides is 3. The highest BCUT2D eigenvalue weighted by atomic mass is 19.4. The molecule has 1 amide bonds. The number of halogens is 3. The van der Waals surface area contributed by atoms with Crippen LogP contribution >= 0.6 is 0 Å². The van der Waals surface area contributed by atoms with Gasteiger partial charge >= 0.3 is 6.18 Å². The molecule has 0 bridgehead atoms. The van der Waals surface area contributed by atoms with E-state index in [-0.39, 0.29) is 18.4 Å². The maximum absolute atomic E-state index is 12.7. The molecule has 0 radical (unpaired) electrons. The van der Waals surface area contributed by atoms with Gasteiger partial charge in [0.15, 0.2) is 0 Å². The van der Waals surface area contributed by atoms with Crippen LogP contribution in [0.3, 0.4) is 0 Å². The molecule has 6 heteroatoms. The van der Waals surface area contributed by atoms with Gasteiger partial charge in [0.05, 0.1) is 11.5 Å². The second kappa shape index (κ2) is 6.28. The lowest BCUT2D eigenvalue weighted by molar-refractivity contribution is -0.137. The first-order valence-corrected chi connectivity index (χ1v) is 7.43. The highest BCUT2D eigenvalue weighted by Gasteiger charge is 2.37. The summed E-state index contributed by atoms with van der Waals surface area (Å²) < 4.78 is 38.0. The third-order valence-electron chi connectivity index (χ3n) is 4.29. The van der Waals surface area contributed by atoms with Crippen LogP contribution < -0.4 is 11.1 Å². The zero-order valence-electron chi connectivity index (χ0n) is 12.5. The summed E-state index contributed by atoms with van der Waals surface area (Å²) in [7, 11) is 0. The number of benzene rings is 1. The molecule has 0 saturated heterocycles. The fourth-order valence-corrected chi connectivity index (χ4v) is 2.96. The average Bonchev–Trinajstić information content (AvgIpc) is 2.44. The molecule has 22 heavy (non-hydrogen) atoms. The van der Waals surface area contributed by atoms with Crippen molar-refractivity contribution in [1.82, 2.24) is 5.32 Å². The Morgan fingerprint density at radius 3 is 2.77 bits per heavy atom. The van der Waals surface area contributed by atoms with E-state index >= 15 is 0 Å². The van der Waals surface area contributed by atoms with Crippen LogP contribution in [0.25, 0.3) is 0 Å². The van der Waals surface area contributed by atoms with Crippen LogP contribution in [0, 0.1) is 5.92 Å². The molecular weight excluding hydrogens is 293 g/mol. The molecule has 2 rings (SSSR count). The molecular formula is C16H21F3N2O. The van der Waals surface area contributed by atoms with Crippen molar-refractivity contribution in [3.8, 4) is 0 Å². The van der Waals surface area contributed by atoms with E-state index in [0.717, 1.165) is 37.8 Å². The van der Waals surface area contributed by atoms with Gasteiger partial charge in [-0.05, 0) is 37.5 Å². The number of hydrogen-bond acceptors (Lipinski definition) is 2. The Bertz CT molecular complexity index is 540. The number of carbonyl (C=O) groups excluding carboxylic acids is 1. The van der Waals surface area contributed by atoms with Crippen LogP contribution in [0.5, 0.6) is 0 Å². The van der Waals surface area contributed by atoms with E-state index in [1.165, 1.54) is 6.07 Å². The topological polar surface area (TPSA) is 55.1 Å². The lowest BCUT2D eigenvalue weighted by Gasteiger charge is -2.37. The van der Waals surface area contributed by atoms with Crippen LogP contribution in [0.2, 0.25) is 0 Å². The standard InChI is InChI=1S/C16H21F3N2O/c1-15(20)8-3-2-7-13(15)14(22)21-10-11-5-4-6-12(9-11)16(17,18)19/h4-6,9,13H,2-3,7-8,10,20H2,1H3,(H,21,22). The van der Waals surface area contributed by atoms with Crippen LogP contribution in [0.1, 0.15) is 43.7 Å². The number of amides is 1. The molecule has 1 saturated carbocycles. The number of nitrogens with one attached hydrogen (secondary N) is 1. The Morgan fingerprint density at radius 2 is 2.14 bits per heavy atom.